The van der Waals surface area contributed by atoms with E-state index in [4.69, 9.17) is 16.9 Å². The van der Waals surface area contributed by atoms with Crippen LogP contribution in [-0.2, 0) is 10.0 Å². The maximum atomic E-state index is 13.0. The van der Waals surface area contributed by atoms with Crippen molar-refractivity contribution in [2.75, 3.05) is 10.1 Å². The van der Waals surface area contributed by atoms with Gasteiger partial charge in [-0.05, 0) is 42.8 Å². The van der Waals surface area contributed by atoms with Crippen molar-refractivity contribution in [3.8, 4) is 6.07 Å². The van der Waals surface area contributed by atoms with Gasteiger partial charge in [-0.3, -0.25) is 20.3 Å². The standard InChI is InChI=1S/C21H16ClN5O4S/c1-14(16-8-6-15(13-23)7-9-16)24-25-20-11-10-17(27(28)29)12-21(20)32(30,31)26-19-5-3-2-4-18(19)22/h2-12,25-26H,1H3/b24-14+. The molecule has 0 aliphatic rings. The Morgan fingerprint density at radius 3 is 2.41 bits per heavy atom. The first-order chi connectivity index (χ1) is 15.2. The van der Waals surface area contributed by atoms with Crippen molar-refractivity contribution < 1.29 is 13.3 Å². The molecule has 0 heterocycles. The molecular formula is C21H16ClN5O4S. The van der Waals surface area contributed by atoms with Crippen molar-refractivity contribution in [1.29, 1.82) is 5.26 Å². The van der Waals surface area contributed by atoms with Crippen LogP contribution in [0.4, 0.5) is 17.1 Å². The average molecular weight is 470 g/mol. The molecule has 11 heteroatoms. The number of hydrogen-bond donors (Lipinski definition) is 2. The second-order valence-electron chi connectivity index (χ2n) is 6.52. The first-order valence-electron chi connectivity index (χ1n) is 9.08. The van der Waals surface area contributed by atoms with E-state index in [2.05, 4.69) is 15.2 Å². The van der Waals surface area contributed by atoms with Gasteiger partial charge in [0.1, 0.15) is 4.90 Å². The van der Waals surface area contributed by atoms with Crippen LogP contribution in [0.1, 0.15) is 18.1 Å². The monoisotopic (exact) mass is 469 g/mol. The molecule has 0 amide bonds. The maximum absolute atomic E-state index is 13.0. The van der Waals surface area contributed by atoms with Gasteiger partial charge in [0.2, 0.25) is 0 Å². The zero-order valence-corrected chi connectivity index (χ0v) is 18.2. The predicted octanol–water partition coefficient (Wildman–Crippen LogP) is 4.76. The van der Waals surface area contributed by atoms with Crippen molar-refractivity contribution in [3.05, 3.63) is 93.0 Å². The highest BCUT2D eigenvalue weighted by atomic mass is 35.5. The Morgan fingerprint density at radius 2 is 1.78 bits per heavy atom. The third kappa shape index (κ3) is 5.21. The molecule has 3 aromatic carbocycles. The summed E-state index contributed by atoms with van der Waals surface area (Å²) in [5.41, 5.74) is 4.12. The summed E-state index contributed by atoms with van der Waals surface area (Å²) in [5, 5.41) is 24.5. The van der Waals surface area contributed by atoms with Gasteiger partial charge in [-0.15, -0.1) is 0 Å². The number of nitrogens with zero attached hydrogens (tertiary/aromatic N) is 3. The summed E-state index contributed by atoms with van der Waals surface area (Å²) >= 11 is 6.04. The number of anilines is 2. The van der Waals surface area contributed by atoms with Gasteiger partial charge in [0.25, 0.3) is 15.7 Å². The number of halogens is 1. The van der Waals surface area contributed by atoms with Crippen molar-refractivity contribution >= 4 is 44.4 Å². The SMILES string of the molecule is C/C(=N\Nc1ccc([N+](=O)[O-])cc1S(=O)(=O)Nc1ccccc1Cl)c1ccc(C#N)cc1. The minimum Gasteiger partial charge on any atom is -0.278 e. The van der Waals surface area contributed by atoms with Crippen LogP contribution in [0, 0.1) is 21.4 Å². The van der Waals surface area contributed by atoms with Gasteiger partial charge in [-0.1, -0.05) is 35.9 Å². The molecule has 0 bridgehead atoms. The number of non-ortho nitro benzene ring substituents is 1. The Kier molecular flexibility index (Phi) is 6.73. The molecule has 162 valence electrons. The fraction of sp³-hybridized carbons (Fsp3) is 0.0476. The number of nitriles is 1. The molecule has 0 aliphatic heterocycles. The molecule has 3 rings (SSSR count). The van der Waals surface area contributed by atoms with E-state index in [1.807, 2.05) is 6.07 Å². The molecule has 0 saturated carbocycles. The van der Waals surface area contributed by atoms with Crippen LogP contribution in [0.5, 0.6) is 0 Å². The van der Waals surface area contributed by atoms with E-state index < -0.39 is 20.6 Å². The number of nitro groups is 1. The zero-order chi connectivity index (χ0) is 23.3. The van der Waals surface area contributed by atoms with Crippen molar-refractivity contribution in [2.45, 2.75) is 11.8 Å². The molecule has 0 spiro atoms. The quantitative estimate of drug-likeness (QED) is 0.290. The van der Waals surface area contributed by atoms with Crippen LogP contribution in [-0.4, -0.2) is 19.1 Å². The lowest BCUT2D eigenvalue weighted by Gasteiger charge is -2.13. The number of hydrogen-bond acceptors (Lipinski definition) is 7. The van der Waals surface area contributed by atoms with E-state index in [0.717, 1.165) is 6.07 Å². The predicted molar refractivity (Wildman–Crippen MR) is 122 cm³/mol. The van der Waals surface area contributed by atoms with Gasteiger partial charge < -0.3 is 0 Å². The van der Waals surface area contributed by atoms with E-state index in [-0.39, 0.29) is 21.3 Å². The van der Waals surface area contributed by atoms with Crippen LogP contribution in [0.15, 0.2) is 76.7 Å². The molecular weight excluding hydrogens is 454 g/mol. The molecule has 32 heavy (non-hydrogen) atoms. The first kappa shape index (κ1) is 22.7. The molecule has 0 aliphatic carbocycles. The van der Waals surface area contributed by atoms with Gasteiger partial charge in [-0.25, -0.2) is 8.42 Å². The Morgan fingerprint density at radius 1 is 1.09 bits per heavy atom. The van der Waals surface area contributed by atoms with Gasteiger partial charge in [0.15, 0.2) is 0 Å². The van der Waals surface area contributed by atoms with E-state index in [9.17, 15) is 18.5 Å². The molecule has 0 aromatic heterocycles. The summed E-state index contributed by atoms with van der Waals surface area (Å²) in [5.74, 6) is 0. The van der Waals surface area contributed by atoms with E-state index in [1.165, 1.54) is 24.3 Å². The molecule has 0 atom stereocenters. The smallest absolute Gasteiger partial charge is 0.270 e. The van der Waals surface area contributed by atoms with Gasteiger partial charge in [0.05, 0.1) is 38.7 Å². The fourth-order valence-electron chi connectivity index (χ4n) is 2.68. The second-order valence-corrected chi connectivity index (χ2v) is 8.58. The van der Waals surface area contributed by atoms with Gasteiger partial charge in [0, 0.05) is 12.1 Å². The highest BCUT2D eigenvalue weighted by Crippen LogP contribution is 2.30. The van der Waals surface area contributed by atoms with Crippen LogP contribution < -0.4 is 10.1 Å². The van der Waals surface area contributed by atoms with Crippen LogP contribution >= 0.6 is 11.6 Å². The van der Waals surface area contributed by atoms with Crippen molar-refractivity contribution in [3.63, 3.8) is 0 Å². The molecule has 0 unspecified atom stereocenters. The number of sulfonamides is 1. The van der Waals surface area contributed by atoms with E-state index >= 15 is 0 Å². The summed E-state index contributed by atoms with van der Waals surface area (Å²) in [6.07, 6.45) is 0. The maximum Gasteiger partial charge on any atom is 0.270 e. The highest BCUT2D eigenvalue weighted by Gasteiger charge is 2.23. The Hall–Kier alpha value is -3.94. The molecule has 2 N–H and O–H groups in total. The van der Waals surface area contributed by atoms with Gasteiger partial charge in [-0.2, -0.15) is 10.4 Å². The van der Waals surface area contributed by atoms with Crippen LogP contribution in [0.2, 0.25) is 5.02 Å². The van der Waals surface area contributed by atoms with E-state index in [0.29, 0.717) is 16.8 Å². The van der Waals surface area contributed by atoms with Crippen LogP contribution in [0.3, 0.4) is 0 Å². The van der Waals surface area contributed by atoms with Crippen LogP contribution in [0.25, 0.3) is 0 Å². The summed E-state index contributed by atoms with van der Waals surface area (Å²) < 4.78 is 28.4. The number of para-hydroxylation sites is 1. The lowest BCUT2D eigenvalue weighted by atomic mass is 10.1. The lowest BCUT2D eigenvalue weighted by molar-refractivity contribution is -0.385. The summed E-state index contributed by atoms with van der Waals surface area (Å²) in [6.45, 7) is 1.69. The summed E-state index contributed by atoms with van der Waals surface area (Å²) in [4.78, 5) is 10.1. The summed E-state index contributed by atoms with van der Waals surface area (Å²) in [6, 6.07) is 18.3. The minimum atomic E-state index is -4.25. The number of hydrazone groups is 1. The highest BCUT2D eigenvalue weighted by molar-refractivity contribution is 7.93. The van der Waals surface area contributed by atoms with E-state index in [1.54, 1.807) is 43.3 Å². The fourth-order valence-corrected chi connectivity index (χ4v) is 4.17. The molecule has 0 saturated heterocycles. The number of nitrogens with one attached hydrogen (secondary N) is 2. The molecule has 3 aromatic rings. The average Bonchev–Trinajstić information content (AvgIpc) is 2.78. The van der Waals surface area contributed by atoms with Crippen molar-refractivity contribution in [1.82, 2.24) is 0 Å². The lowest BCUT2D eigenvalue weighted by Crippen LogP contribution is -2.15. The van der Waals surface area contributed by atoms with Gasteiger partial charge >= 0.3 is 0 Å². The topological polar surface area (TPSA) is 137 Å². The third-order valence-electron chi connectivity index (χ3n) is 4.36. The normalized spacial score (nSPS) is 11.5. The Labute approximate surface area is 189 Å². The van der Waals surface area contributed by atoms with Crippen molar-refractivity contribution in [2.24, 2.45) is 5.10 Å². The number of rotatable bonds is 7. The molecule has 0 radical (unpaired) electrons. The third-order valence-corrected chi connectivity index (χ3v) is 6.09. The minimum absolute atomic E-state index is 0.0307. The zero-order valence-electron chi connectivity index (χ0n) is 16.6. The second kappa shape index (κ2) is 9.47. The molecule has 9 nitrogen and oxygen atoms in total. The first-order valence-corrected chi connectivity index (χ1v) is 10.9. The number of nitro benzene ring substituents is 1. The largest absolute Gasteiger partial charge is 0.278 e. The Bertz CT molecular complexity index is 1350. The summed E-state index contributed by atoms with van der Waals surface area (Å²) in [7, 11) is -4.25. The molecule has 0 fully saturated rings. The number of benzene rings is 3. The Balaban J connectivity index is 1.98.